The predicted octanol–water partition coefficient (Wildman–Crippen LogP) is 1.98. The van der Waals surface area contributed by atoms with Crippen LogP contribution in [0.2, 0.25) is 0 Å². The van der Waals surface area contributed by atoms with Crippen LogP contribution in [0.3, 0.4) is 0 Å². The number of nitrogens with one attached hydrogen (secondary N) is 1. The number of aromatic nitrogens is 1. The van der Waals surface area contributed by atoms with Crippen LogP contribution in [0.5, 0.6) is 0 Å². The minimum absolute atomic E-state index is 0.146. The fraction of sp³-hybridized carbons (Fsp3) is 0.250. The Morgan fingerprint density at radius 1 is 1.14 bits per heavy atom. The molecule has 0 fully saturated rings. The number of benzene rings is 1. The molecule has 0 aliphatic heterocycles. The summed E-state index contributed by atoms with van der Waals surface area (Å²) in [7, 11) is -3.43. The maximum atomic E-state index is 12.3. The van der Waals surface area contributed by atoms with Gasteiger partial charge < -0.3 is 5.32 Å². The Kier molecular flexibility index (Phi) is 4.92. The highest BCUT2D eigenvalue weighted by Crippen LogP contribution is 2.13. The van der Waals surface area contributed by atoms with E-state index in [9.17, 15) is 13.2 Å². The van der Waals surface area contributed by atoms with Gasteiger partial charge in [0.05, 0.1) is 10.6 Å². The smallest absolute Gasteiger partial charge is 0.251 e. The van der Waals surface area contributed by atoms with Crippen LogP contribution in [-0.4, -0.2) is 31.1 Å². The lowest BCUT2D eigenvalue weighted by atomic mass is 10.2. The van der Waals surface area contributed by atoms with Crippen molar-refractivity contribution in [2.75, 3.05) is 5.75 Å². The van der Waals surface area contributed by atoms with Crippen molar-refractivity contribution in [1.29, 1.82) is 0 Å². The summed E-state index contributed by atoms with van der Waals surface area (Å²) in [5.41, 5.74) is 1.45. The number of hydrogen-bond donors (Lipinski definition) is 1. The molecule has 0 saturated carbocycles. The third kappa shape index (κ3) is 4.14. The number of amides is 1. The van der Waals surface area contributed by atoms with Gasteiger partial charge in [-0.3, -0.25) is 9.78 Å². The Labute approximate surface area is 130 Å². The second-order valence-corrected chi connectivity index (χ2v) is 7.24. The second kappa shape index (κ2) is 6.70. The molecule has 0 spiro atoms. The molecular weight excluding hydrogens is 300 g/mol. The Morgan fingerprint density at radius 3 is 2.32 bits per heavy atom. The SMILES string of the molecule is Cc1ccc(S(=O)(=O)C[C@H](C)NC(=O)c2ccncc2)cc1. The van der Waals surface area contributed by atoms with Crippen LogP contribution in [0.4, 0.5) is 0 Å². The van der Waals surface area contributed by atoms with E-state index < -0.39 is 15.9 Å². The van der Waals surface area contributed by atoms with Gasteiger partial charge in [-0.05, 0) is 38.1 Å². The maximum absolute atomic E-state index is 12.3. The number of pyridine rings is 1. The van der Waals surface area contributed by atoms with Gasteiger partial charge >= 0.3 is 0 Å². The van der Waals surface area contributed by atoms with Gasteiger partial charge in [0.25, 0.3) is 5.91 Å². The number of nitrogens with zero attached hydrogens (tertiary/aromatic N) is 1. The van der Waals surface area contributed by atoms with Crippen molar-refractivity contribution in [3.8, 4) is 0 Å². The fourth-order valence-electron chi connectivity index (χ4n) is 2.02. The lowest BCUT2D eigenvalue weighted by molar-refractivity contribution is 0.0943. The minimum atomic E-state index is -3.43. The van der Waals surface area contributed by atoms with E-state index in [-0.39, 0.29) is 16.6 Å². The van der Waals surface area contributed by atoms with Crippen molar-refractivity contribution >= 4 is 15.7 Å². The average Bonchev–Trinajstić information content (AvgIpc) is 2.48. The molecule has 116 valence electrons. The van der Waals surface area contributed by atoms with Gasteiger partial charge in [0.1, 0.15) is 0 Å². The molecule has 1 aromatic carbocycles. The molecule has 1 heterocycles. The first-order chi connectivity index (χ1) is 10.4. The molecule has 22 heavy (non-hydrogen) atoms. The van der Waals surface area contributed by atoms with Gasteiger partial charge in [0.15, 0.2) is 9.84 Å². The van der Waals surface area contributed by atoms with E-state index in [0.29, 0.717) is 5.56 Å². The largest absolute Gasteiger partial charge is 0.349 e. The number of carbonyl (C=O) groups excluding carboxylic acids is 1. The zero-order valence-corrected chi connectivity index (χ0v) is 13.3. The molecule has 1 aromatic heterocycles. The highest BCUT2D eigenvalue weighted by molar-refractivity contribution is 7.91. The quantitative estimate of drug-likeness (QED) is 0.914. The van der Waals surface area contributed by atoms with Crippen molar-refractivity contribution in [2.24, 2.45) is 0 Å². The number of hydrogen-bond acceptors (Lipinski definition) is 4. The molecule has 2 rings (SSSR count). The van der Waals surface area contributed by atoms with E-state index in [1.54, 1.807) is 43.3 Å². The molecule has 0 bridgehead atoms. The Bertz CT molecular complexity index is 741. The molecule has 0 radical (unpaired) electrons. The molecule has 1 N–H and O–H groups in total. The van der Waals surface area contributed by atoms with Crippen LogP contribution >= 0.6 is 0 Å². The summed E-state index contributed by atoms with van der Waals surface area (Å²) < 4.78 is 24.6. The zero-order chi connectivity index (χ0) is 16.2. The molecule has 0 saturated heterocycles. The lowest BCUT2D eigenvalue weighted by Gasteiger charge is -2.14. The van der Waals surface area contributed by atoms with E-state index in [2.05, 4.69) is 10.3 Å². The Hall–Kier alpha value is -2.21. The third-order valence-electron chi connectivity index (χ3n) is 3.17. The molecule has 0 aliphatic rings. The van der Waals surface area contributed by atoms with Crippen molar-refractivity contribution in [1.82, 2.24) is 10.3 Å². The topological polar surface area (TPSA) is 76.1 Å². The first-order valence-corrected chi connectivity index (χ1v) is 8.54. The van der Waals surface area contributed by atoms with E-state index in [0.717, 1.165) is 5.56 Å². The molecule has 5 nitrogen and oxygen atoms in total. The monoisotopic (exact) mass is 318 g/mol. The summed E-state index contributed by atoms with van der Waals surface area (Å²) >= 11 is 0. The van der Waals surface area contributed by atoms with Gasteiger partial charge in [-0.25, -0.2) is 8.42 Å². The van der Waals surface area contributed by atoms with Gasteiger partial charge in [-0.1, -0.05) is 17.7 Å². The van der Waals surface area contributed by atoms with E-state index in [4.69, 9.17) is 0 Å². The fourth-order valence-corrected chi connectivity index (χ4v) is 3.51. The average molecular weight is 318 g/mol. The first kappa shape index (κ1) is 16.2. The first-order valence-electron chi connectivity index (χ1n) is 6.89. The molecular formula is C16H18N2O3S. The summed E-state index contributed by atoms with van der Waals surface area (Å²) in [4.78, 5) is 16.1. The summed E-state index contributed by atoms with van der Waals surface area (Å²) in [6.45, 7) is 3.57. The van der Waals surface area contributed by atoms with Crippen molar-refractivity contribution in [2.45, 2.75) is 24.8 Å². The van der Waals surface area contributed by atoms with Gasteiger partial charge in [-0.15, -0.1) is 0 Å². The summed E-state index contributed by atoms with van der Waals surface area (Å²) in [5, 5.41) is 2.69. The molecule has 0 unspecified atom stereocenters. The van der Waals surface area contributed by atoms with Crippen molar-refractivity contribution in [3.63, 3.8) is 0 Å². The number of aryl methyl sites for hydroxylation is 1. The van der Waals surface area contributed by atoms with Crippen LogP contribution < -0.4 is 5.32 Å². The van der Waals surface area contributed by atoms with Crippen LogP contribution in [0.15, 0.2) is 53.7 Å². The number of rotatable bonds is 5. The van der Waals surface area contributed by atoms with Gasteiger partial charge in [0, 0.05) is 24.0 Å². The minimum Gasteiger partial charge on any atom is -0.349 e. The Morgan fingerprint density at radius 2 is 1.73 bits per heavy atom. The molecule has 6 heteroatoms. The van der Waals surface area contributed by atoms with E-state index >= 15 is 0 Å². The van der Waals surface area contributed by atoms with E-state index in [1.165, 1.54) is 12.4 Å². The highest BCUT2D eigenvalue weighted by Gasteiger charge is 2.20. The van der Waals surface area contributed by atoms with Gasteiger partial charge in [0.2, 0.25) is 0 Å². The Balaban J connectivity index is 2.03. The van der Waals surface area contributed by atoms with Crippen LogP contribution in [-0.2, 0) is 9.84 Å². The second-order valence-electron chi connectivity index (χ2n) is 5.20. The lowest BCUT2D eigenvalue weighted by Crippen LogP contribution is -2.37. The van der Waals surface area contributed by atoms with Crippen molar-refractivity contribution in [3.05, 3.63) is 59.9 Å². The van der Waals surface area contributed by atoms with Gasteiger partial charge in [-0.2, -0.15) is 0 Å². The zero-order valence-electron chi connectivity index (χ0n) is 12.5. The molecule has 0 aliphatic carbocycles. The normalized spacial score (nSPS) is 12.6. The van der Waals surface area contributed by atoms with E-state index in [1.807, 2.05) is 6.92 Å². The number of sulfone groups is 1. The highest BCUT2D eigenvalue weighted by atomic mass is 32.2. The molecule has 1 atom stereocenters. The standard InChI is InChI=1S/C16H18N2O3S/c1-12-3-5-15(6-4-12)22(20,21)11-13(2)18-16(19)14-7-9-17-10-8-14/h3-10,13H,11H2,1-2H3,(H,18,19)/t13-/m0/s1. The summed E-state index contributed by atoms with van der Waals surface area (Å²) in [6, 6.07) is 9.35. The molecule has 1 amide bonds. The molecule has 2 aromatic rings. The van der Waals surface area contributed by atoms with Crippen LogP contribution in [0, 0.1) is 6.92 Å². The number of carbonyl (C=O) groups is 1. The van der Waals surface area contributed by atoms with Crippen LogP contribution in [0.25, 0.3) is 0 Å². The third-order valence-corrected chi connectivity index (χ3v) is 5.10. The van der Waals surface area contributed by atoms with Crippen LogP contribution in [0.1, 0.15) is 22.8 Å². The maximum Gasteiger partial charge on any atom is 0.251 e. The van der Waals surface area contributed by atoms with Crippen molar-refractivity contribution < 1.29 is 13.2 Å². The summed E-state index contributed by atoms with van der Waals surface area (Å²) in [6.07, 6.45) is 3.03. The predicted molar refractivity (Wildman–Crippen MR) is 84.4 cm³/mol. The summed E-state index contributed by atoms with van der Waals surface area (Å²) in [5.74, 6) is -0.457.